The van der Waals surface area contributed by atoms with Crippen LogP contribution >= 0.6 is 11.3 Å². The van der Waals surface area contributed by atoms with Crippen molar-refractivity contribution in [3.63, 3.8) is 0 Å². The molecule has 1 atom stereocenters. The van der Waals surface area contributed by atoms with Gasteiger partial charge in [0.2, 0.25) is 5.91 Å². The lowest BCUT2D eigenvalue weighted by Gasteiger charge is -2.24. The number of carbonyl (C=O) groups excluding carboxylic acids is 1. The molecular weight excluding hydrogens is 382 g/mol. The number of amides is 1. The Morgan fingerprint density at radius 3 is 2.55 bits per heavy atom. The third kappa shape index (κ3) is 3.44. The van der Waals surface area contributed by atoms with E-state index in [4.69, 9.17) is 0 Å². The average Bonchev–Trinajstić information content (AvgIpc) is 3.13. The van der Waals surface area contributed by atoms with Crippen molar-refractivity contribution < 1.29 is 4.79 Å². The standard InChI is InChI=1S/C23H23N3O2S/c1-4-18(22(27)25(3)14-16-10-6-5-7-11-16)26-23(28)20-17-12-8-9-13-19(17)29-21(20)15(2)24-26/h5-13,18H,4,14H2,1-3H3/t18-/m1/s1. The van der Waals surface area contributed by atoms with E-state index >= 15 is 0 Å². The maximum absolute atomic E-state index is 13.4. The first-order chi connectivity index (χ1) is 14.0. The van der Waals surface area contributed by atoms with Gasteiger partial charge < -0.3 is 4.90 Å². The molecule has 0 saturated heterocycles. The molecule has 0 bridgehead atoms. The minimum atomic E-state index is -0.627. The van der Waals surface area contributed by atoms with E-state index in [1.54, 1.807) is 23.3 Å². The number of nitrogens with zero attached hydrogens (tertiary/aromatic N) is 3. The molecule has 0 aliphatic carbocycles. The first-order valence-corrected chi connectivity index (χ1v) is 10.5. The van der Waals surface area contributed by atoms with Gasteiger partial charge in [0.1, 0.15) is 6.04 Å². The zero-order valence-corrected chi connectivity index (χ0v) is 17.6. The van der Waals surface area contributed by atoms with Crippen LogP contribution in [0.1, 0.15) is 30.6 Å². The van der Waals surface area contributed by atoms with Crippen LogP contribution in [0.2, 0.25) is 0 Å². The van der Waals surface area contributed by atoms with Gasteiger partial charge in [0.25, 0.3) is 5.56 Å². The zero-order chi connectivity index (χ0) is 20.5. The van der Waals surface area contributed by atoms with Crippen molar-refractivity contribution in [1.82, 2.24) is 14.7 Å². The van der Waals surface area contributed by atoms with Gasteiger partial charge in [-0.1, -0.05) is 55.5 Å². The Bertz CT molecular complexity index is 1240. The van der Waals surface area contributed by atoms with Crippen LogP contribution in [0, 0.1) is 6.92 Å². The van der Waals surface area contributed by atoms with E-state index in [9.17, 15) is 9.59 Å². The molecule has 2 heterocycles. The summed E-state index contributed by atoms with van der Waals surface area (Å²) in [5, 5.41) is 6.13. The van der Waals surface area contributed by atoms with Gasteiger partial charge in [0.05, 0.1) is 15.8 Å². The first kappa shape index (κ1) is 19.3. The Morgan fingerprint density at radius 1 is 1.14 bits per heavy atom. The van der Waals surface area contributed by atoms with Crippen molar-refractivity contribution in [3.8, 4) is 0 Å². The molecule has 4 aromatic rings. The van der Waals surface area contributed by atoms with Crippen molar-refractivity contribution in [3.05, 3.63) is 76.2 Å². The third-order valence-electron chi connectivity index (χ3n) is 5.21. The number of thiophene rings is 1. The molecule has 5 nitrogen and oxygen atoms in total. The van der Waals surface area contributed by atoms with Crippen LogP contribution in [-0.4, -0.2) is 27.6 Å². The number of hydrogen-bond donors (Lipinski definition) is 0. The molecule has 29 heavy (non-hydrogen) atoms. The fourth-order valence-corrected chi connectivity index (χ4v) is 4.87. The molecule has 2 aromatic carbocycles. The lowest BCUT2D eigenvalue weighted by Crippen LogP contribution is -2.39. The highest BCUT2D eigenvalue weighted by atomic mass is 32.1. The van der Waals surface area contributed by atoms with Gasteiger partial charge in [0, 0.05) is 23.7 Å². The Morgan fingerprint density at radius 2 is 1.83 bits per heavy atom. The third-order valence-corrected chi connectivity index (χ3v) is 6.49. The normalized spacial score (nSPS) is 12.4. The predicted molar refractivity (Wildman–Crippen MR) is 118 cm³/mol. The molecule has 0 unspecified atom stereocenters. The fourth-order valence-electron chi connectivity index (χ4n) is 3.73. The van der Waals surface area contributed by atoms with E-state index < -0.39 is 6.04 Å². The number of hydrogen-bond acceptors (Lipinski definition) is 4. The summed E-state index contributed by atoms with van der Waals surface area (Å²) < 4.78 is 3.34. The fraction of sp³-hybridized carbons (Fsp3) is 0.261. The largest absolute Gasteiger partial charge is 0.340 e. The number of carbonyl (C=O) groups is 1. The summed E-state index contributed by atoms with van der Waals surface area (Å²) in [6.07, 6.45) is 0.498. The average molecular weight is 406 g/mol. The highest BCUT2D eigenvalue weighted by Gasteiger charge is 2.26. The van der Waals surface area contributed by atoms with Gasteiger partial charge in [-0.05, 0) is 25.0 Å². The number of likely N-dealkylation sites (N-methyl/N-ethyl adjacent to an activating group) is 1. The molecule has 0 fully saturated rings. The minimum absolute atomic E-state index is 0.107. The number of rotatable bonds is 5. The molecule has 0 N–H and O–H groups in total. The van der Waals surface area contributed by atoms with E-state index in [-0.39, 0.29) is 11.5 Å². The molecule has 6 heteroatoms. The zero-order valence-electron chi connectivity index (χ0n) is 16.8. The van der Waals surface area contributed by atoms with Gasteiger partial charge in [-0.15, -0.1) is 11.3 Å². The predicted octanol–water partition coefficient (Wildman–Crippen LogP) is 4.53. The molecule has 0 saturated carbocycles. The van der Waals surface area contributed by atoms with Crippen molar-refractivity contribution >= 4 is 37.4 Å². The summed E-state index contributed by atoms with van der Waals surface area (Å²) in [6.45, 7) is 4.31. The van der Waals surface area contributed by atoms with Crippen LogP contribution < -0.4 is 5.56 Å². The van der Waals surface area contributed by atoms with Crippen molar-refractivity contribution in [2.45, 2.75) is 32.9 Å². The second kappa shape index (κ2) is 7.79. The summed E-state index contributed by atoms with van der Waals surface area (Å²) in [6, 6.07) is 17.1. The molecule has 1 amide bonds. The Balaban J connectivity index is 1.77. The van der Waals surface area contributed by atoms with Crippen LogP contribution in [0.5, 0.6) is 0 Å². The van der Waals surface area contributed by atoms with Gasteiger partial charge in [-0.25, -0.2) is 4.68 Å². The van der Waals surface area contributed by atoms with Gasteiger partial charge in [-0.3, -0.25) is 9.59 Å². The molecule has 0 radical (unpaired) electrons. The number of fused-ring (bicyclic) bond motifs is 3. The van der Waals surface area contributed by atoms with Crippen LogP contribution in [0.15, 0.2) is 59.4 Å². The molecule has 0 aliphatic rings. The minimum Gasteiger partial charge on any atom is -0.340 e. The van der Waals surface area contributed by atoms with Crippen molar-refractivity contribution in [1.29, 1.82) is 0 Å². The second-order valence-corrected chi connectivity index (χ2v) is 8.29. The first-order valence-electron chi connectivity index (χ1n) is 9.70. The highest BCUT2D eigenvalue weighted by molar-refractivity contribution is 7.26. The molecule has 0 aliphatic heterocycles. The number of aromatic nitrogens is 2. The number of aryl methyl sites for hydroxylation is 1. The summed E-state index contributed by atoms with van der Waals surface area (Å²) in [4.78, 5) is 28.3. The summed E-state index contributed by atoms with van der Waals surface area (Å²) in [7, 11) is 1.77. The molecule has 2 aromatic heterocycles. The van der Waals surface area contributed by atoms with Gasteiger partial charge >= 0.3 is 0 Å². The topological polar surface area (TPSA) is 55.2 Å². The Hall–Kier alpha value is -2.99. The lowest BCUT2D eigenvalue weighted by molar-refractivity contribution is -0.134. The molecular formula is C23H23N3O2S. The summed E-state index contributed by atoms with van der Waals surface area (Å²) in [5.41, 5.74) is 1.63. The van der Waals surface area contributed by atoms with E-state index in [0.717, 1.165) is 26.0 Å². The number of benzene rings is 2. The summed E-state index contributed by atoms with van der Waals surface area (Å²) in [5.74, 6) is -0.107. The Labute approximate surface area is 173 Å². The Kier molecular flexibility index (Phi) is 5.20. The van der Waals surface area contributed by atoms with Crippen molar-refractivity contribution in [2.75, 3.05) is 7.05 Å². The SMILES string of the molecule is CC[C@H](C(=O)N(C)Cc1ccccc1)n1nc(C)c2sc3ccccc3c2c1=O. The van der Waals surface area contributed by atoms with Gasteiger partial charge in [-0.2, -0.15) is 5.10 Å². The molecule has 148 valence electrons. The van der Waals surface area contributed by atoms with Crippen LogP contribution in [-0.2, 0) is 11.3 Å². The monoisotopic (exact) mass is 405 g/mol. The van der Waals surface area contributed by atoms with E-state index in [1.807, 2.05) is 68.4 Å². The van der Waals surface area contributed by atoms with Crippen LogP contribution in [0.25, 0.3) is 20.2 Å². The lowest BCUT2D eigenvalue weighted by atomic mass is 10.1. The van der Waals surface area contributed by atoms with Crippen molar-refractivity contribution in [2.24, 2.45) is 0 Å². The summed E-state index contributed by atoms with van der Waals surface area (Å²) >= 11 is 1.58. The van der Waals surface area contributed by atoms with E-state index in [2.05, 4.69) is 5.10 Å². The smallest absolute Gasteiger partial charge is 0.276 e. The van der Waals surface area contributed by atoms with E-state index in [1.165, 1.54) is 4.68 Å². The molecule has 0 spiro atoms. The van der Waals surface area contributed by atoms with E-state index in [0.29, 0.717) is 18.4 Å². The van der Waals surface area contributed by atoms with Crippen LogP contribution in [0.3, 0.4) is 0 Å². The van der Waals surface area contributed by atoms with Gasteiger partial charge in [0.15, 0.2) is 0 Å². The highest BCUT2D eigenvalue weighted by Crippen LogP contribution is 2.33. The maximum Gasteiger partial charge on any atom is 0.276 e. The molecule has 4 rings (SSSR count). The van der Waals surface area contributed by atoms with Crippen LogP contribution in [0.4, 0.5) is 0 Å². The maximum atomic E-state index is 13.4. The second-order valence-electron chi connectivity index (χ2n) is 7.24. The quantitative estimate of drug-likeness (QED) is 0.490.